The molecule has 0 aromatic carbocycles. The van der Waals surface area contributed by atoms with Crippen LogP contribution < -0.4 is 5.32 Å². The zero-order chi connectivity index (χ0) is 13.4. The molecule has 0 aromatic heterocycles. The lowest BCUT2D eigenvalue weighted by molar-refractivity contribution is 0.0870. The number of nitrogens with one attached hydrogen (secondary N) is 1. The van der Waals surface area contributed by atoms with Crippen LogP contribution in [-0.2, 0) is 0 Å². The van der Waals surface area contributed by atoms with Gasteiger partial charge in [-0.05, 0) is 51.9 Å². The third kappa shape index (κ3) is 6.17. The van der Waals surface area contributed by atoms with Gasteiger partial charge in [-0.15, -0.1) is 0 Å². The molecule has 1 aliphatic rings. The molecule has 1 unspecified atom stereocenters. The lowest BCUT2D eigenvalue weighted by Crippen LogP contribution is -2.51. The van der Waals surface area contributed by atoms with Crippen LogP contribution in [0.1, 0.15) is 40.5 Å². The maximum Gasteiger partial charge on any atom is 0.0195 e. The predicted octanol–water partition coefficient (Wildman–Crippen LogP) is 2.04. The van der Waals surface area contributed by atoms with E-state index in [2.05, 4.69) is 42.8 Å². The van der Waals surface area contributed by atoms with Crippen molar-refractivity contribution in [3.05, 3.63) is 0 Å². The average molecular weight is 255 g/mol. The Morgan fingerprint density at radius 2 is 2.00 bits per heavy atom. The highest BCUT2D eigenvalue weighted by Gasteiger charge is 2.21. The smallest absolute Gasteiger partial charge is 0.0195 e. The standard InChI is InChI=1S/C15H33N3/c1-5-18-11-10-17(13-15(18)4)9-7-6-8-16-12-14(2)3/h14-16H,5-13H2,1-4H3. The number of hydrogen-bond donors (Lipinski definition) is 1. The summed E-state index contributed by atoms with van der Waals surface area (Å²) >= 11 is 0. The SMILES string of the molecule is CCN1CCN(CCCCNCC(C)C)CC1C. The van der Waals surface area contributed by atoms with E-state index in [1.807, 2.05) is 0 Å². The van der Waals surface area contributed by atoms with Crippen LogP contribution in [0.25, 0.3) is 0 Å². The minimum absolute atomic E-state index is 0.739. The molecule has 108 valence electrons. The lowest BCUT2D eigenvalue weighted by Gasteiger charge is -2.39. The van der Waals surface area contributed by atoms with Crippen LogP contribution in [0.4, 0.5) is 0 Å². The van der Waals surface area contributed by atoms with Crippen LogP contribution in [-0.4, -0.2) is 61.7 Å². The molecule has 1 heterocycles. The Kier molecular flexibility index (Phi) is 7.87. The Morgan fingerprint density at radius 3 is 2.61 bits per heavy atom. The quantitative estimate of drug-likeness (QED) is 0.670. The fourth-order valence-corrected chi connectivity index (χ4v) is 2.72. The molecular formula is C15H33N3. The average Bonchev–Trinajstić information content (AvgIpc) is 2.33. The third-order valence-corrected chi connectivity index (χ3v) is 3.89. The highest BCUT2D eigenvalue weighted by Crippen LogP contribution is 2.09. The molecule has 0 amide bonds. The van der Waals surface area contributed by atoms with Gasteiger partial charge < -0.3 is 10.2 Å². The fourth-order valence-electron chi connectivity index (χ4n) is 2.72. The summed E-state index contributed by atoms with van der Waals surface area (Å²) in [6, 6.07) is 0.739. The van der Waals surface area contributed by atoms with Crippen LogP contribution in [0, 0.1) is 5.92 Å². The van der Waals surface area contributed by atoms with Gasteiger partial charge in [-0.2, -0.15) is 0 Å². The lowest BCUT2D eigenvalue weighted by atomic mass is 10.1. The van der Waals surface area contributed by atoms with Gasteiger partial charge in [0.05, 0.1) is 0 Å². The van der Waals surface area contributed by atoms with Gasteiger partial charge in [0.1, 0.15) is 0 Å². The van der Waals surface area contributed by atoms with Gasteiger partial charge in [0.15, 0.2) is 0 Å². The zero-order valence-electron chi connectivity index (χ0n) is 12.9. The highest BCUT2D eigenvalue weighted by atomic mass is 15.3. The van der Waals surface area contributed by atoms with E-state index < -0.39 is 0 Å². The summed E-state index contributed by atoms with van der Waals surface area (Å²) in [5.74, 6) is 0.771. The van der Waals surface area contributed by atoms with Gasteiger partial charge in [0.2, 0.25) is 0 Å². The molecular weight excluding hydrogens is 222 g/mol. The molecule has 0 bridgehead atoms. The summed E-state index contributed by atoms with van der Waals surface area (Å²) in [5, 5.41) is 3.52. The minimum Gasteiger partial charge on any atom is -0.316 e. The van der Waals surface area contributed by atoms with Crippen molar-refractivity contribution in [3.63, 3.8) is 0 Å². The molecule has 1 atom stereocenters. The molecule has 0 radical (unpaired) electrons. The van der Waals surface area contributed by atoms with E-state index in [4.69, 9.17) is 0 Å². The monoisotopic (exact) mass is 255 g/mol. The van der Waals surface area contributed by atoms with E-state index in [0.29, 0.717) is 0 Å². The molecule has 0 saturated carbocycles. The van der Waals surface area contributed by atoms with E-state index in [9.17, 15) is 0 Å². The first-order valence-corrected chi connectivity index (χ1v) is 7.80. The summed E-state index contributed by atoms with van der Waals surface area (Å²) in [4.78, 5) is 5.22. The number of rotatable bonds is 8. The number of nitrogens with zero attached hydrogens (tertiary/aromatic N) is 2. The van der Waals surface area contributed by atoms with Crippen molar-refractivity contribution in [2.24, 2.45) is 5.92 Å². The van der Waals surface area contributed by atoms with Crippen LogP contribution in [0.15, 0.2) is 0 Å². The van der Waals surface area contributed by atoms with Crippen molar-refractivity contribution in [2.75, 3.05) is 45.8 Å². The highest BCUT2D eigenvalue weighted by molar-refractivity contribution is 4.78. The van der Waals surface area contributed by atoms with Crippen LogP contribution in [0.2, 0.25) is 0 Å². The van der Waals surface area contributed by atoms with Crippen molar-refractivity contribution in [3.8, 4) is 0 Å². The number of hydrogen-bond acceptors (Lipinski definition) is 3. The van der Waals surface area contributed by atoms with Gasteiger partial charge >= 0.3 is 0 Å². The second kappa shape index (κ2) is 8.89. The Hall–Kier alpha value is -0.120. The van der Waals surface area contributed by atoms with Crippen LogP contribution in [0.3, 0.4) is 0 Å². The van der Waals surface area contributed by atoms with Crippen molar-refractivity contribution in [1.29, 1.82) is 0 Å². The third-order valence-electron chi connectivity index (χ3n) is 3.89. The largest absolute Gasteiger partial charge is 0.316 e. The fraction of sp³-hybridized carbons (Fsp3) is 1.00. The predicted molar refractivity (Wildman–Crippen MR) is 80.1 cm³/mol. The first kappa shape index (κ1) is 15.9. The molecule has 1 aliphatic heterocycles. The zero-order valence-corrected chi connectivity index (χ0v) is 12.9. The van der Waals surface area contributed by atoms with Gasteiger partial charge in [-0.3, -0.25) is 4.90 Å². The van der Waals surface area contributed by atoms with Gasteiger partial charge in [-0.25, -0.2) is 0 Å². The second-order valence-corrected chi connectivity index (χ2v) is 6.08. The molecule has 1 fully saturated rings. The van der Waals surface area contributed by atoms with Crippen molar-refractivity contribution >= 4 is 0 Å². The summed E-state index contributed by atoms with van der Waals surface area (Å²) in [5.41, 5.74) is 0. The van der Waals surface area contributed by atoms with E-state index in [1.165, 1.54) is 52.1 Å². The first-order valence-electron chi connectivity index (χ1n) is 7.80. The molecule has 0 spiro atoms. The summed E-state index contributed by atoms with van der Waals surface area (Å²) in [6.07, 6.45) is 2.65. The maximum absolute atomic E-state index is 3.52. The number of piperazine rings is 1. The van der Waals surface area contributed by atoms with E-state index in [-0.39, 0.29) is 0 Å². The van der Waals surface area contributed by atoms with Crippen LogP contribution >= 0.6 is 0 Å². The summed E-state index contributed by atoms with van der Waals surface area (Å²) < 4.78 is 0. The second-order valence-electron chi connectivity index (χ2n) is 6.08. The van der Waals surface area contributed by atoms with E-state index in [0.717, 1.165) is 18.5 Å². The minimum atomic E-state index is 0.739. The Morgan fingerprint density at radius 1 is 1.22 bits per heavy atom. The van der Waals surface area contributed by atoms with Gasteiger partial charge in [0, 0.05) is 25.7 Å². The van der Waals surface area contributed by atoms with Crippen molar-refractivity contribution in [2.45, 2.75) is 46.6 Å². The van der Waals surface area contributed by atoms with E-state index in [1.54, 1.807) is 0 Å². The van der Waals surface area contributed by atoms with Crippen molar-refractivity contribution in [1.82, 2.24) is 15.1 Å². The molecule has 3 nitrogen and oxygen atoms in total. The molecule has 1 saturated heterocycles. The summed E-state index contributed by atoms with van der Waals surface area (Å²) in [7, 11) is 0. The van der Waals surface area contributed by atoms with Gasteiger partial charge in [-0.1, -0.05) is 20.8 Å². The maximum atomic E-state index is 3.52. The molecule has 1 rings (SSSR count). The van der Waals surface area contributed by atoms with E-state index >= 15 is 0 Å². The molecule has 1 N–H and O–H groups in total. The number of likely N-dealkylation sites (N-methyl/N-ethyl adjacent to an activating group) is 1. The molecule has 3 heteroatoms. The Bertz CT molecular complexity index is 206. The Balaban J connectivity index is 2.00. The molecule has 0 aromatic rings. The normalized spacial score (nSPS) is 22.8. The van der Waals surface area contributed by atoms with Gasteiger partial charge in [0.25, 0.3) is 0 Å². The molecule has 18 heavy (non-hydrogen) atoms. The first-order chi connectivity index (χ1) is 8.63. The summed E-state index contributed by atoms with van der Waals surface area (Å²) in [6.45, 7) is 17.8. The van der Waals surface area contributed by atoms with Crippen molar-refractivity contribution < 1.29 is 0 Å². The number of unbranched alkanes of at least 4 members (excludes halogenated alkanes) is 1. The molecule has 0 aliphatic carbocycles. The van der Waals surface area contributed by atoms with Crippen LogP contribution in [0.5, 0.6) is 0 Å². The topological polar surface area (TPSA) is 18.5 Å². The Labute approximate surface area is 114 Å².